The molecule has 3 unspecified atom stereocenters. The van der Waals surface area contributed by atoms with Crippen molar-refractivity contribution in [2.24, 2.45) is 17.6 Å². The van der Waals surface area contributed by atoms with E-state index < -0.39 is 65.2 Å². The number of ketones is 2. The lowest BCUT2D eigenvalue weighted by Gasteiger charge is -2.42. The number of likely N-dealkylation sites (tertiary alicyclic amines) is 1. The molecule has 3 fully saturated rings. The van der Waals surface area contributed by atoms with Crippen LogP contribution in [0.25, 0.3) is 0 Å². The lowest BCUT2D eigenvalue weighted by molar-refractivity contribution is -0.158. The maximum Gasteiger partial charge on any atom is 0.246 e. The Morgan fingerprint density at radius 3 is 2.18 bits per heavy atom. The highest BCUT2D eigenvalue weighted by molar-refractivity contribution is 6.14. The summed E-state index contributed by atoms with van der Waals surface area (Å²) < 4.78 is 0. The molecule has 15 heteroatoms. The maximum absolute atomic E-state index is 15.1. The summed E-state index contributed by atoms with van der Waals surface area (Å²) in [6.07, 6.45) is 2.44. The zero-order chi connectivity index (χ0) is 39.7. The SMILES string of the molecule is CC[C@H](C)[C@H](NC(=O)[C@H](N)Cc1ccccc1)C(=O)N(C)[C@H](Cc1ccccc1)C(=O)N1CCC(C(=O)C2CCCNN2)[C@]1(C=O)C(=O)C1CCC(=O)NN1. The van der Waals surface area contributed by atoms with Gasteiger partial charge < -0.3 is 25.6 Å². The number of hydrogen-bond donors (Lipinski definition) is 6. The molecule has 0 bridgehead atoms. The first-order valence-electron chi connectivity index (χ1n) is 19.2. The summed E-state index contributed by atoms with van der Waals surface area (Å²) in [5.74, 6) is -4.73. The number of aldehydes is 1. The van der Waals surface area contributed by atoms with E-state index in [4.69, 9.17) is 5.73 Å². The minimum absolute atomic E-state index is 0.00457. The minimum atomic E-state index is -2.22. The predicted octanol–water partition coefficient (Wildman–Crippen LogP) is 0.121. The van der Waals surface area contributed by atoms with Crippen LogP contribution in [-0.4, -0.2) is 107 Å². The standard InChI is InChI=1S/C40H54N8O7/c1-4-25(2)34(43-37(53)29(41)22-26-12-7-5-8-13-26)39(55)47(3)32(23-27-14-9-6-10-15-27)38(54)48-21-19-28(35(51)30-16-11-20-42-44-30)40(48,24-49)36(52)31-17-18-33(50)46-45-31/h5-10,12-15,24-25,28-32,34,42,44-45H,4,11,16-23,41H2,1-3H3,(H,43,53)(H,46,50)/t25-,28?,29+,30?,31?,32+,34-,40+/m0/s1. The van der Waals surface area contributed by atoms with Crippen molar-refractivity contribution in [3.05, 3.63) is 71.8 Å². The van der Waals surface area contributed by atoms with Crippen molar-refractivity contribution >= 4 is 41.5 Å². The molecule has 7 N–H and O–H groups in total. The van der Waals surface area contributed by atoms with Gasteiger partial charge in [-0.2, -0.15) is 0 Å². The smallest absolute Gasteiger partial charge is 0.246 e. The molecule has 5 rings (SSSR count). The predicted molar refractivity (Wildman–Crippen MR) is 203 cm³/mol. The lowest BCUT2D eigenvalue weighted by Crippen LogP contribution is -2.69. The van der Waals surface area contributed by atoms with Crippen molar-refractivity contribution in [1.82, 2.24) is 36.8 Å². The van der Waals surface area contributed by atoms with Crippen LogP contribution < -0.4 is 32.8 Å². The van der Waals surface area contributed by atoms with E-state index in [2.05, 4.69) is 27.0 Å². The highest BCUT2D eigenvalue weighted by Crippen LogP contribution is 2.39. The zero-order valence-corrected chi connectivity index (χ0v) is 31.8. The first kappa shape index (κ1) is 41.3. The summed E-state index contributed by atoms with van der Waals surface area (Å²) in [6.45, 7) is 4.25. The average molecular weight is 759 g/mol. The fraction of sp³-hybridized carbons (Fsp3) is 0.525. The summed E-state index contributed by atoms with van der Waals surface area (Å²) in [7, 11) is 1.47. The number of rotatable bonds is 16. The second-order valence-corrected chi connectivity index (χ2v) is 14.9. The number of carbonyl (C=O) groups excluding carboxylic acids is 7. The average Bonchev–Trinajstić information content (AvgIpc) is 3.62. The first-order chi connectivity index (χ1) is 26.4. The van der Waals surface area contributed by atoms with Crippen molar-refractivity contribution < 1.29 is 33.6 Å². The van der Waals surface area contributed by atoms with Gasteiger partial charge in [-0.3, -0.25) is 39.6 Å². The highest BCUT2D eigenvalue weighted by Gasteiger charge is 2.62. The molecule has 0 aliphatic carbocycles. The molecule has 0 aromatic heterocycles. The van der Waals surface area contributed by atoms with Gasteiger partial charge in [-0.15, -0.1) is 0 Å². The molecule has 296 valence electrons. The fourth-order valence-electron chi connectivity index (χ4n) is 7.87. The van der Waals surface area contributed by atoms with Crippen LogP contribution in [0.2, 0.25) is 0 Å². The Morgan fingerprint density at radius 1 is 0.964 bits per heavy atom. The zero-order valence-electron chi connectivity index (χ0n) is 31.8. The van der Waals surface area contributed by atoms with E-state index in [0.717, 1.165) is 5.56 Å². The molecule has 4 amide bonds. The molecule has 0 radical (unpaired) electrons. The molecule has 3 heterocycles. The Morgan fingerprint density at radius 2 is 1.62 bits per heavy atom. The van der Waals surface area contributed by atoms with Crippen LogP contribution in [0.4, 0.5) is 0 Å². The second-order valence-electron chi connectivity index (χ2n) is 14.9. The van der Waals surface area contributed by atoms with Crippen LogP contribution in [0.15, 0.2) is 60.7 Å². The number of nitrogens with two attached hydrogens (primary N) is 1. The van der Waals surface area contributed by atoms with E-state index in [-0.39, 0.29) is 56.3 Å². The Kier molecular flexibility index (Phi) is 14.0. The van der Waals surface area contributed by atoms with Crippen LogP contribution in [0.1, 0.15) is 63.5 Å². The quantitative estimate of drug-likeness (QED) is 0.100. The Labute approximate surface area is 321 Å². The summed E-state index contributed by atoms with van der Waals surface area (Å²) in [5.41, 5.74) is 16.8. The van der Waals surface area contributed by atoms with Crippen molar-refractivity contribution in [3.63, 3.8) is 0 Å². The number of benzene rings is 2. The van der Waals surface area contributed by atoms with E-state index in [1.54, 1.807) is 24.3 Å². The van der Waals surface area contributed by atoms with Gasteiger partial charge in [-0.05, 0) is 49.1 Å². The summed E-state index contributed by atoms with van der Waals surface area (Å²) in [5, 5.41) is 2.86. The van der Waals surface area contributed by atoms with E-state index in [9.17, 15) is 28.8 Å². The van der Waals surface area contributed by atoms with Gasteiger partial charge in [0.2, 0.25) is 23.6 Å². The summed E-state index contributed by atoms with van der Waals surface area (Å²) >= 11 is 0. The molecule has 0 spiro atoms. The number of Topliss-reactive ketones (excluding diaryl/α,β-unsaturated/α-hetero) is 2. The van der Waals surface area contributed by atoms with Gasteiger partial charge in [0.15, 0.2) is 23.4 Å². The monoisotopic (exact) mass is 758 g/mol. The largest absolute Gasteiger partial charge is 0.343 e. The molecule has 3 saturated heterocycles. The molecule has 0 saturated carbocycles. The topological polar surface area (TPSA) is 212 Å². The molecular formula is C40H54N8O7. The second kappa shape index (κ2) is 18.7. The van der Waals surface area contributed by atoms with Crippen LogP contribution in [0, 0.1) is 11.8 Å². The number of nitrogens with one attached hydrogen (secondary N) is 5. The van der Waals surface area contributed by atoms with Crippen LogP contribution >= 0.6 is 0 Å². The van der Waals surface area contributed by atoms with Crippen LogP contribution in [-0.2, 0) is 46.4 Å². The molecule has 15 nitrogen and oxygen atoms in total. The van der Waals surface area contributed by atoms with Gasteiger partial charge in [0.05, 0.1) is 24.0 Å². The third-order valence-electron chi connectivity index (χ3n) is 11.4. The van der Waals surface area contributed by atoms with E-state index in [1.807, 2.05) is 50.2 Å². The molecular weight excluding hydrogens is 704 g/mol. The molecule has 8 atom stereocenters. The normalized spacial score (nSPS) is 24.8. The van der Waals surface area contributed by atoms with E-state index in [0.29, 0.717) is 37.7 Å². The molecule has 3 aliphatic rings. The number of likely N-dealkylation sites (N-methyl/N-ethyl adjacent to an activating group) is 1. The van der Waals surface area contributed by atoms with Crippen molar-refractivity contribution in [2.75, 3.05) is 20.1 Å². The minimum Gasteiger partial charge on any atom is -0.343 e. The fourth-order valence-corrected chi connectivity index (χ4v) is 7.87. The maximum atomic E-state index is 15.1. The van der Waals surface area contributed by atoms with Crippen molar-refractivity contribution in [3.8, 4) is 0 Å². The number of hydrazine groups is 2. The van der Waals surface area contributed by atoms with Gasteiger partial charge in [0.1, 0.15) is 12.1 Å². The Balaban J connectivity index is 1.49. The Hall–Kier alpha value is -4.83. The number of amides is 4. The molecule has 55 heavy (non-hydrogen) atoms. The van der Waals surface area contributed by atoms with E-state index >= 15 is 4.79 Å². The third-order valence-corrected chi connectivity index (χ3v) is 11.4. The van der Waals surface area contributed by atoms with Gasteiger partial charge in [0.25, 0.3) is 0 Å². The van der Waals surface area contributed by atoms with Crippen molar-refractivity contribution in [1.29, 1.82) is 0 Å². The summed E-state index contributed by atoms with van der Waals surface area (Å²) in [6, 6.07) is 13.3. The Bertz CT molecular complexity index is 1700. The highest BCUT2D eigenvalue weighted by atomic mass is 16.2. The molecule has 3 aliphatic heterocycles. The van der Waals surface area contributed by atoms with Gasteiger partial charge in [-0.25, -0.2) is 10.9 Å². The number of nitrogens with zero attached hydrogens (tertiary/aromatic N) is 2. The van der Waals surface area contributed by atoms with Crippen molar-refractivity contribution in [2.45, 2.75) is 101 Å². The molecule has 2 aromatic carbocycles. The lowest BCUT2D eigenvalue weighted by atomic mass is 9.74. The number of carbonyl (C=O) groups is 7. The first-order valence-corrected chi connectivity index (χ1v) is 19.2. The van der Waals surface area contributed by atoms with Crippen LogP contribution in [0.5, 0.6) is 0 Å². The van der Waals surface area contributed by atoms with Gasteiger partial charge in [-0.1, -0.05) is 80.9 Å². The third kappa shape index (κ3) is 9.18. The van der Waals surface area contributed by atoms with Gasteiger partial charge >= 0.3 is 0 Å². The number of hydrogen-bond acceptors (Lipinski definition) is 11. The van der Waals surface area contributed by atoms with Gasteiger partial charge in [0, 0.05) is 33.0 Å². The summed E-state index contributed by atoms with van der Waals surface area (Å²) in [4.78, 5) is 100. The van der Waals surface area contributed by atoms with Crippen LogP contribution in [0.3, 0.4) is 0 Å². The molecule has 2 aromatic rings. The van der Waals surface area contributed by atoms with E-state index in [1.165, 1.54) is 16.8 Å².